The van der Waals surface area contributed by atoms with Crippen LogP contribution in [0.4, 0.5) is 9.18 Å². The number of phenols is 1. The highest BCUT2D eigenvalue weighted by atomic mass is 35.5. The number of ether oxygens (including phenoxy) is 1. The highest BCUT2D eigenvalue weighted by molar-refractivity contribution is 6.32. The van der Waals surface area contributed by atoms with Crippen LogP contribution in [0.25, 0.3) is 11.3 Å². The van der Waals surface area contributed by atoms with E-state index >= 15 is 0 Å². The molecule has 8 heteroatoms. The Morgan fingerprint density at radius 2 is 2.08 bits per heavy atom. The summed E-state index contributed by atoms with van der Waals surface area (Å²) in [5.74, 6) is -0.680. The molecule has 0 saturated carbocycles. The molecule has 1 aromatic heterocycles. The smallest absolute Gasteiger partial charge is 0.410 e. The summed E-state index contributed by atoms with van der Waals surface area (Å²) >= 11 is 5.86. The molecule has 0 spiro atoms. The molecule has 1 amide bonds. The molecule has 0 saturated heterocycles. The Labute approximate surface area is 149 Å². The second-order valence-electron chi connectivity index (χ2n) is 6.90. The Hall–Kier alpha value is -2.28. The molecule has 25 heavy (non-hydrogen) atoms. The fraction of sp³-hybridized carbons (Fsp3) is 0.412. The summed E-state index contributed by atoms with van der Waals surface area (Å²) in [6, 6.07) is 2.70. The van der Waals surface area contributed by atoms with Crippen molar-refractivity contribution in [3.05, 3.63) is 35.0 Å². The largest absolute Gasteiger partial charge is 0.504 e. The number of hydrogen-bond acceptors (Lipinski definition) is 4. The summed E-state index contributed by atoms with van der Waals surface area (Å²) in [6.45, 7) is 6.72. The standard InChI is InChI=1S/C17H19ClFN3O3/c1-17(2,3)25-16(24)21-4-5-22-13(8-20-14(22)9-21)10-6-11(18)15(23)12(19)7-10/h6-8,23H,4-5,9H2,1-3H3. The van der Waals surface area contributed by atoms with Gasteiger partial charge in [0.25, 0.3) is 0 Å². The molecule has 134 valence electrons. The third kappa shape index (κ3) is 3.56. The van der Waals surface area contributed by atoms with Crippen LogP contribution in [0, 0.1) is 5.82 Å². The Morgan fingerprint density at radius 3 is 2.72 bits per heavy atom. The monoisotopic (exact) mass is 367 g/mol. The molecular weight excluding hydrogens is 349 g/mol. The quantitative estimate of drug-likeness (QED) is 0.832. The van der Waals surface area contributed by atoms with Crippen LogP contribution in [0.15, 0.2) is 18.3 Å². The van der Waals surface area contributed by atoms with Crippen LogP contribution in [0.5, 0.6) is 5.75 Å². The van der Waals surface area contributed by atoms with E-state index < -0.39 is 17.2 Å². The van der Waals surface area contributed by atoms with E-state index in [2.05, 4.69) is 4.98 Å². The highest BCUT2D eigenvalue weighted by Gasteiger charge is 2.28. The number of imidazole rings is 1. The first-order valence-corrected chi connectivity index (χ1v) is 8.24. The molecule has 1 N–H and O–H groups in total. The lowest BCUT2D eigenvalue weighted by atomic mass is 10.1. The van der Waals surface area contributed by atoms with Gasteiger partial charge in [0, 0.05) is 18.7 Å². The van der Waals surface area contributed by atoms with Crippen molar-refractivity contribution < 1.29 is 19.0 Å². The number of carbonyl (C=O) groups excluding carboxylic acids is 1. The fourth-order valence-corrected chi connectivity index (χ4v) is 2.89. The van der Waals surface area contributed by atoms with E-state index in [0.29, 0.717) is 36.7 Å². The number of hydrogen-bond donors (Lipinski definition) is 1. The van der Waals surface area contributed by atoms with Crippen LogP contribution >= 0.6 is 11.6 Å². The predicted molar refractivity (Wildman–Crippen MR) is 90.9 cm³/mol. The molecule has 0 fully saturated rings. The van der Waals surface area contributed by atoms with Gasteiger partial charge in [-0.1, -0.05) is 11.6 Å². The summed E-state index contributed by atoms with van der Waals surface area (Å²) in [5, 5.41) is 9.41. The SMILES string of the molecule is CC(C)(C)OC(=O)N1CCn2c(-c3cc(F)c(O)c(Cl)c3)cnc2C1. The normalized spacial score (nSPS) is 14.4. The van der Waals surface area contributed by atoms with Crippen LogP contribution in [0.1, 0.15) is 26.6 Å². The zero-order valence-corrected chi connectivity index (χ0v) is 15.0. The zero-order valence-electron chi connectivity index (χ0n) is 14.2. The maximum absolute atomic E-state index is 13.8. The van der Waals surface area contributed by atoms with E-state index in [4.69, 9.17) is 16.3 Å². The first-order valence-electron chi connectivity index (χ1n) is 7.86. The Balaban J connectivity index is 1.85. The number of benzene rings is 1. The van der Waals surface area contributed by atoms with Gasteiger partial charge in [-0.2, -0.15) is 0 Å². The maximum Gasteiger partial charge on any atom is 0.410 e. The Kier molecular flexibility index (Phi) is 4.36. The first kappa shape index (κ1) is 17.5. The second kappa shape index (κ2) is 6.22. The van der Waals surface area contributed by atoms with Gasteiger partial charge in [0.05, 0.1) is 23.5 Å². The average molecular weight is 368 g/mol. The summed E-state index contributed by atoms with van der Waals surface area (Å²) in [7, 11) is 0. The van der Waals surface area contributed by atoms with E-state index in [-0.39, 0.29) is 11.1 Å². The third-order valence-electron chi connectivity index (χ3n) is 3.83. The number of halogens is 2. The molecule has 0 radical (unpaired) electrons. The van der Waals surface area contributed by atoms with E-state index in [1.807, 2.05) is 25.3 Å². The van der Waals surface area contributed by atoms with Crippen molar-refractivity contribution >= 4 is 17.7 Å². The Bertz CT molecular complexity index is 806. The molecule has 3 rings (SSSR count). The lowest BCUT2D eigenvalue weighted by molar-refractivity contribution is 0.0196. The molecule has 2 heterocycles. The molecule has 6 nitrogen and oxygen atoms in total. The van der Waals surface area contributed by atoms with Gasteiger partial charge in [0.1, 0.15) is 11.4 Å². The summed E-state index contributed by atoms with van der Waals surface area (Å²) < 4.78 is 21.0. The van der Waals surface area contributed by atoms with Crippen LogP contribution in [0.2, 0.25) is 5.02 Å². The number of fused-ring (bicyclic) bond motifs is 1. The number of phenolic OH excluding ortho intramolecular Hbond substituents is 1. The second-order valence-corrected chi connectivity index (χ2v) is 7.31. The topological polar surface area (TPSA) is 67.6 Å². The molecule has 2 aromatic rings. The van der Waals surface area contributed by atoms with Gasteiger partial charge < -0.3 is 14.4 Å². The van der Waals surface area contributed by atoms with Crippen molar-refractivity contribution in [3.8, 4) is 17.0 Å². The lowest BCUT2D eigenvalue weighted by Gasteiger charge is -2.31. The van der Waals surface area contributed by atoms with Crippen molar-refractivity contribution in [3.63, 3.8) is 0 Å². The minimum atomic E-state index is -0.788. The van der Waals surface area contributed by atoms with Crippen molar-refractivity contribution in [1.82, 2.24) is 14.5 Å². The van der Waals surface area contributed by atoms with Crippen LogP contribution in [0.3, 0.4) is 0 Å². The van der Waals surface area contributed by atoms with E-state index in [0.717, 1.165) is 0 Å². The van der Waals surface area contributed by atoms with E-state index in [1.165, 1.54) is 12.1 Å². The maximum atomic E-state index is 13.8. The third-order valence-corrected chi connectivity index (χ3v) is 4.12. The number of amides is 1. The van der Waals surface area contributed by atoms with Gasteiger partial charge in [-0.05, 0) is 32.9 Å². The Morgan fingerprint density at radius 1 is 1.36 bits per heavy atom. The van der Waals surface area contributed by atoms with Gasteiger partial charge in [0.2, 0.25) is 0 Å². The van der Waals surface area contributed by atoms with Crippen LogP contribution in [-0.2, 0) is 17.8 Å². The predicted octanol–water partition coefficient (Wildman–Crippen LogP) is 3.80. The van der Waals surface area contributed by atoms with Gasteiger partial charge >= 0.3 is 6.09 Å². The highest BCUT2D eigenvalue weighted by Crippen LogP contribution is 2.33. The van der Waals surface area contributed by atoms with Gasteiger partial charge in [-0.15, -0.1) is 0 Å². The molecule has 0 aliphatic carbocycles. The number of aromatic hydroxyl groups is 1. The van der Waals surface area contributed by atoms with Gasteiger partial charge in [-0.25, -0.2) is 14.2 Å². The van der Waals surface area contributed by atoms with E-state index in [9.17, 15) is 14.3 Å². The van der Waals surface area contributed by atoms with Gasteiger partial charge in [0.15, 0.2) is 11.6 Å². The summed E-state index contributed by atoms with van der Waals surface area (Å²) in [6.07, 6.45) is 1.22. The number of rotatable bonds is 1. The molecule has 1 aliphatic rings. The molecule has 0 unspecified atom stereocenters. The van der Waals surface area contributed by atoms with Gasteiger partial charge in [-0.3, -0.25) is 4.90 Å². The number of aromatic nitrogens is 2. The molecular formula is C17H19ClFN3O3. The number of nitrogens with zero attached hydrogens (tertiary/aromatic N) is 3. The summed E-state index contributed by atoms with van der Waals surface area (Å²) in [4.78, 5) is 18.1. The average Bonchev–Trinajstić information content (AvgIpc) is 2.93. The zero-order chi connectivity index (χ0) is 18.4. The van der Waals surface area contributed by atoms with Crippen LogP contribution in [-0.4, -0.2) is 37.8 Å². The van der Waals surface area contributed by atoms with Crippen molar-refractivity contribution in [2.24, 2.45) is 0 Å². The lowest BCUT2D eigenvalue weighted by Crippen LogP contribution is -2.41. The van der Waals surface area contributed by atoms with Crippen LogP contribution < -0.4 is 0 Å². The number of carbonyl (C=O) groups is 1. The molecule has 1 aromatic carbocycles. The molecule has 0 bridgehead atoms. The van der Waals surface area contributed by atoms with E-state index in [1.54, 1.807) is 11.1 Å². The van der Waals surface area contributed by atoms with Crippen molar-refractivity contribution in [2.75, 3.05) is 6.54 Å². The minimum Gasteiger partial charge on any atom is -0.504 e. The van der Waals surface area contributed by atoms with Crippen molar-refractivity contribution in [1.29, 1.82) is 0 Å². The fourth-order valence-electron chi connectivity index (χ4n) is 2.69. The molecule has 1 aliphatic heterocycles. The minimum absolute atomic E-state index is 0.0586. The molecule has 0 atom stereocenters. The first-order chi connectivity index (χ1) is 11.7. The summed E-state index contributed by atoms with van der Waals surface area (Å²) in [5.41, 5.74) is 0.638. The van der Waals surface area contributed by atoms with Crippen molar-refractivity contribution in [2.45, 2.75) is 39.5 Å².